The van der Waals surface area contributed by atoms with Gasteiger partial charge >= 0.3 is 5.97 Å². The molecule has 0 unspecified atom stereocenters. The molecule has 34 heavy (non-hydrogen) atoms. The van der Waals surface area contributed by atoms with Crippen LogP contribution in [0.5, 0.6) is 0 Å². The van der Waals surface area contributed by atoms with Gasteiger partial charge in [0.2, 0.25) is 0 Å². The van der Waals surface area contributed by atoms with Gasteiger partial charge in [0.25, 0.3) is 0 Å². The van der Waals surface area contributed by atoms with Gasteiger partial charge in [-0.15, -0.1) is 0 Å². The topological polar surface area (TPSA) is 117 Å². The van der Waals surface area contributed by atoms with Gasteiger partial charge in [-0.25, -0.2) is 4.39 Å². The number of ether oxygens (including phenoxy) is 1. The lowest BCUT2D eigenvalue weighted by molar-refractivity contribution is -0.139. The maximum atomic E-state index is 13.7. The average molecular weight is 474 g/mol. The number of pyridine rings is 1. The van der Waals surface area contributed by atoms with Crippen molar-refractivity contribution < 1.29 is 34.0 Å². The van der Waals surface area contributed by atoms with E-state index >= 15 is 0 Å². The van der Waals surface area contributed by atoms with Crippen LogP contribution in [0.25, 0.3) is 17.2 Å². The van der Waals surface area contributed by atoms with Crippen LogP contribution in [0.3, 0.4) is 0 Å². The van der Waals surface area contributed by atoms with Crippen molar-refractivity contribution in [1.29, 1.82) is 0 Å². The third kappa shape index (κ3) is 7.03. The predicted molar refractivity (Wildman–Crippen MR) is 127 cm³/mol. The molecule has 0 saturated heterocycles. The van der Waals surface area contributed by atoms with Gasteiger partial charge in [-0.2, -0.15) is 0 Å². The van der Waals surface area contributed by atoms with E-state index in [0.29, 0.717) is 28.1 Å². The molecule has 2 atom stereocenters. The number of carboxylic acid groups (broad SMARTS) is 1. The van der Waals surface area contributed by atoms with Crippen molar-refractivity contribution in [2.75, 3.05) is 13.7 Å². The molecule has 0 aliphatic heterocycles. The number of carbonyl (C=O) groups excluding carboxylic acids is 1. The van der Waals surface area contributed by atoms with Gasteiger partial charge in [-0.05, 0) is 41.3 Å². The molecular formula is C26H32FNO6. The third-order valence-corrected chi connectivity index (χ3v) is 5.39. The van der Waals surface area contributed by atoms with Gasteiger partial charge < -0.3 is 20.1 Å². The molecule has 8 heteroatoms. The van der Waals surface area contributed by atoms with E-state index in [1.807, 2.05) is 20.8 Å². The lowest BCUT2D eigenvalue weighted by atomic mass is 9.86. The van der Waals surface area contributed by atoms with Crippen LogP contribution >= 0.6 is 0 Å². The van der Waals surface area contributed by atoms with E-state index in [2.05, 4.69) is 0 Å². The average Bonchev–Trinajstić information content (AvgIpc) is 2.77. The normalized spacial score (nSPS) is 13.4. The first-order valence-electron chi connectivity index (χ1n) is 11.1. The second-order valence-electron chi connectivity index (χ2n) is 8.58. The minimum Gasteiger partial charge on any atom is -0.481 e. The fourth-order valence-electron chi connectivity index (χ4n) is 3.77. The number of nitrogens with zero attached hydrogens (tertiary/aromatic N) is 1. The van der Waals surface area contributed by atoms with E-state index in [4.69, 9.17) is 14.8 Å². The number of carbonyl (C=O) groups is 2. The molecule has 2 rings (SSSR count). The summed E-state index contributed by atoms with van der Waals surface area (Å²) >= 11 is 0. The zero-order valence-electron chi connectivity index (χ0n) is 19.9. The number of methoxy groups -OCH3 is 1. The van der Waals surface area contributed by atoms with E-state index in [1.54, 1.807) is 25.3 Å². The Hall–Kier alpha value is -2.94. The molecule has 0 saturated carbocycles. The lowest BCUT2D eigenvalue weighted by Crippen LogP contribution is -2.16. The number of carboxylic acids is 1. The zero-order chi connectivity index (χ0) is 25.4. The maximum Gasteiger partial charge on any atom is 0.305 e. The summed E-state index contributed by atoms with van der Waals surface area (Å²) < 4.78 is 19.1. The van der Waals surface area contributed by atoms with E-state index < -0.39 is 24.3 Å². The summed E-state index contributed by atoms with van der Waals surface area (Å²) in [7, 11) is 1.54. The predicted octanol–water partition coefficient (Wildman–Crippen LogP) is 4.06. The molecule has 0 spiro atoms. The summed E-state index contributed by atoms with van der Waals surface area (Å²) in [5.41, 5.74) is 4.12. The lowest BCUT2D eigenvalue weighted by Gasteiger charge is -2.24. The fourth-order valence-corrected chi connectivity index (χ4v) is 3.77. The van der Waals surface area contributed by atoms with Gasteiger partial charge in [0.05, 0.1) is 37.1 Å². The van der Waals surface area contributed by atoms with Crippen molar-refractivity contribution in [3.8, 4) is 11.1 Å². The Morgan fingerprint density at radius 2 is 1.76 bits per heavy atom. The molecule has 0 aliphatic carbocycles. The Bertz CT molecular complexity index is 1030. The number of benzene rings is 1. The van der Waals surface area contributed by atoms with Gasteiger partial charge in [-0.1, -0.05) is 32.9 Å². The second-order valence-corrected chi connectivity index (χ2v) is 8.58. The molecule has 0 radical (unpaired) electrons. The summed E-state index contributed by atoms with van der Waals surface area (Å²) in [6, 6.07) is 5.96. The summed E-state index contributed by atoms with van der Waals surface area (Å²) in [5, 5.41) is 28.5. The highest BCUT2D eigenvalue weighted by Crippen LogP contribution is 2.37. The summed E-state index contributed by atoms with van der Waals surface area (Å²) in [6.07, 6.45) is 0.760. The highest BCUT2D eigenvalue weighted by molar-refractivity contribution is 5.96. The smallest absolute Gasteiger partial charge is 0.305 e. The Morgan fingerprint density at radius 3 is 2.29 bits per heavy atom. The Balaban J connectivity index is 2.73. The van der Waals surface area contributed by atoms with Crippen LogP contribution < -0.4 is 0 Å². The maximum absolute atomic E-state index is 13.7. The molecule has 0 amide bonds. The molecule has 2 aromatic rings. The molecule has 0 bridgehead atoms. The van der Waals surface area contributed by atoms with Crippen molar-refractivity contribution >= 4 is 17.8 Å². The van der Waals surface area contributed by atoms with Crippen molar-refractivity contribution in [3.63, 3.8) is 0 Å². The van der Waals surface area contributed by atoms with E-state index in [9.17, 15) is 24.2 Å². The number of halogens is 1. The Morgan fingerprint density at radius 1 is 1.12 bits per heavy atom. The summed E-state index contributed by atoms with van der Waals surface area (Å²) in [6.45, 7) is 5.82. The molecule has 0 aliphatic rings. The number of aliphatic hydroxyl groups excluding tert-OH is 2. The number of hydrogen-bond donors (Lipinski definition) is 3. The number of aliphatic hydroxyl groups is 2. The quantitative estimate of drug-likeness (QED) is 0.398. The summed E-state index contributed by atoms with van der Waals surface area (Å²) in [5.74, 6) is -2.35. The highest BCUT2D eigenvalue weighted by Gasteiger charge is 2.24. The van der Waals surface area contributed by atoms with Crippen LogP contribution in [0.15, 0.2) is 30.3 Å². The second kappa shape index (κ2) is 12.5. The molecule has 1 heterocycles. The number of allylic oxidation sites excluding steroid dienone is 1. The first kappa shape index (κ1) is 27.3. The molecule has 7 nitrogen and oxygen atoms in total. The summed E-state index contributed by atoms with van der Waals surface area (Å²) in [4.78, 5) is 28.1. The molecule has 3 N–H and O–H groups in total. The van der Waals surface area contributed by atoms with Gasteiger partial charge in [0.15, 0.2) is 5.78 Å². The SMILES string of the molecule is COCc1c([C@H](C)CO)nc(C(C)C)c(/C=C/C(=O)C[C@@H](O)CC(=O)O)c1-c1ccc(F)cc1. The number of rotatable bonds is 12. The molecule has 1 aromatic carbocycles. The Kier molecular flexibility index (Phi) is 10.0. The number of aromatic nitrogens is 1. The molecule has 1 aromatic heterocycles. The van der Waals surface area contributed by atoms with Crippen molar-refractivity contribution in [2.24, 2.45) is 0 Å². The van der Waals surface area contributed by atoms with Gasteiger partial charge in [0, 0.05) is 30.6 Å². The van der Waals surface area contributed by atoms with Crippen molar-refractivity contribution in [3.05, 3.63) is 58.7 Å². The number of aliphatic carboxylic acids is 1. The standard InChI is InChI=1S/C26H32FNO6/c1-15(2)25-21(10-9-19(30)11-20(31)12-23(32)33)24(17-5-7-18(27)8-6-17)22(14-34-4)26(28-25)16(3)13-29/h5-10,15-16,20,29,31H,11-14H2,1-4H3,(H,32,33)/b10-9+/t16-,20-/m1/s1. The van der Waals surface area contributed by atoms with Crippen LogP contribution in [-0.4, -0.2) is 51.9 Å². The van der Waals surface area contributed by atoms with E-state index in [1.165, 1.54) is 18.2 Å². The first-order valence-corrected chi connectivity index (χ1v) is 11.1. The number of hydrogen-bond acceptors (Lipinski definition) is 6. The van der Waals surface area contributed by atoms with E-state index in [-0.39, 0.29) is 37.3 Å². The fraction of sp³-hybridized carbons (Fsp3) is 0.423. The molecular weight excluding hydrogens is 441 g/mol. The minimum absolute atomic E-state index is 0.0483. The van der Waals surface area contributed by atoms with Crippen molar-refractivity contribution in [2.45, 2.75) is 58.2 Å². The number of ketones is 1. The van der Waals surface area contributed by atoms with Crippen LogP contribution in [0, 0.1) is 5.82 Å². The van der Waals surface area contributed by atoms with Gasteiger partial charge in [0.1, 0.15) is 5.82 Å². The molecule has 0 fully saturated rings. The Labute approximate surface area is 198 Å². The van der Waals surface area contributed by atoms with Crippen LogP contribution in [0.1, 0.15) is 68.0 Å². The van der Waals surface area contributed by atoms with Crippen LogP contribution in [0.2, 0.25) is 0 Å². The van der Waals surface area contributed by atoms with Crippen LogP contribution in [-0.2, 0) is 20.9 Å². The highest BCUT2D eigenvalue weighted by atomic mass is 19.1. The third-order valence-electron chi connectivity index (χ3n) is 5.39. The molecule has 184 valence electrons. The minimum atomic E-state index is -1.29. The van der Waals surface area contributed by atoms with Gasteiger partial charge in [-0.3, -0.25) is 14.6 Å². The van der Waals surface area contributed by atoms with Crippen molar-refractivity contribution in [1.82, 2.24) is 4.98 Å². The largest absolute Gasteiger partial charge is 0.481 e. The van der Waals surface area contributed by atoms with Crippen LogP contribution in [0.4, 0.5) is 4.39 Å². The monoisotopic (exact) mass is 473 g/mol. The first-order chi connectivity index (χ1) is 16.1. The van der Waals surface area contributed by atoms with E-state index in [0.717, 1.165) is 5.56 Å². The zero-order valence-corrected chi connectivity index (χ0v) is 19.9.